The second-order valence-electron chi connectivity index (χ2n) is 7.80. The molecule has 0 aliphatic rings. The molecule has 0 aliphatic carbocycles. The van der Waals surface area contributed by atoms with Gasteiger partial charge in [-0.15, -0.1) is 0 Å². The van der Waals surface area contributed by atoms with Gasteiger partial charge in [-0.05, 0) is 43.8 Å². The number of pyridine rings is 1. The first-order valence-corrected chi connectivity index (χ1v) is 11.4. The molecular weight excluding hydrogens is 410 g/mol. The molecule has 4 rings (SSSR count). The Bertz CT molecular complexity index is 1290. The van der Waals surface area contributed by atoms with Crippen LogP contribution in [0, 0.1) is 5.41 Å². The molecule has 0 fully saturated rings. The number of rotatable bonds is 9. The Balaban J connectivity index is 1.91. The zero-order valence-corrected chi connectivity index (χ0v) is 19.3. The van der Waals surface area contributed by atoms with E-state index in [4.69, 9.17) is 20.4 Å². The predicted octanol–water partition coefficient (Wildman–Crippen LogP) is 5.02. The molecule has 7 nitrogen and oxygen atoms in total. The van der Waals surface area contributed by atoms with Crippen molar-refractivity contribution in [3.8, 4) is 22.6 Å². The maximum absolute atomic E-state index is 8.34. The summed E-state index contributed by atoms with van der Waals surface area (Å²) in [6, 6.07) is 11.7. The monoisotopic (exact) mass is 439 g/mol. The average Bonchev–Trinajstić information content (AvgIpc) is 3.23. The van der Waals surface area contributed by atoms with Gasteiger partial charge in [0, 0.05) is 49.1 Å². The molecule has 0 atom stereocenters. The van der Waals surface area contributed by atoms with Crippen LogP contribution in [0.1, 0.15) is 38.1 Å². The summed E-state index contributed by atoms with van der Waals surface area (Å²) >= 11 is 0. The summed E-state index contributed by atoms with van der Waals surface area (Å²) in [5.74, 6) is 1.67. The molecule has 0 radical (unpaired) electrons. The number of aryl methyl sites for hydroxylation is 2. The minimum Gasteiger partial charge on any atom is -0.394 e. The van der Waals surface area contributed by atoms with Gasteiger partial charge < -0.3 is 15.3 Å². The van der Waals surface area contributed by atoms with Crippen LogP contribution in [0.15, 0.2) is 61.1 Å². The van der Waals surface area contributed by atoms with Crippen molar-refractivity contribution in [3.05, 3.63) is 72.5 Å². The largest absolute Gasteiger partial charge is 0.394 e. The highest BCUT2D eigenvalue weighted by Gasteiger charge is 2.19. The number of nitrogens with one attached hydrogen (secondary N) is 2. The van der Waals surface area contributed by atoms with E-state index in [1.54, 1.807) is 24.7 Å². The van der Waals surface area contributed by atoms with Crippen molar-refractivity contribution in [1.82, 2.24) is 29.8 Å². The SMILES string of the molecule is CCCCc1nc2c(-c3ccncc3)nc(-c3cccc(C(=N)/C=C\NC)c3)nc2n1CC. The van der Waals surface area contributed by atoms with E-state index in [0.717, 1.165) is 65.2 Å². The van der Waals surface area contributed by atoms with Crippen molar-refractivity contribution < 1.29 is 0 Å². The molecule has 0 amide bonds. The van der Waals surface area contributed by atoms with Crippen LogP contribution in [-0.4, -0.2) is 37.3 Å². The fourth-order valence-corrected chi connectivity index (χ4v) is 3.83. The number of fused-ring (bicyclic) bond motifs is 1. The topological polar surface area (TPSA) is 92.4 Å². The number of imidazole rings is 1. The molecule has 4 aromatic rings. The fraction of sp³-hybridized carbons (Fsp3) is 0.269. The Morgan fingerprint density at radius 3 is 2.61 bits per heavy atom. The van der Waals surface area contributed by atoms with E-state index in [9.17, 15) is 0 Å². The minimum absolute atomic E-state index is 0.419. The van der Waals surface area contributed by atoms with E-state index in [1.807, 2.05) is 43.4 Å². The van der Waals surface area contributed by atoms with Crippen molar-refractivity contribution in [2.75, 3.05) is 7.05 Å². The summed E-state index contributed by atoms with van der Waals surface area (Å²) in [5, 5.41) is 11.3. The first-order chi connectivity index (χ1) is 16.2. The molecule has 1 aromatic carbocycles. The molecule has 3 heterocycles. The highest BCUT2D eigenvalue weighted by atomic mass is 15.1. The number of allylic oxidation sites excluding steroid dienone is 1. The van der Waals surface area contributed by atoms with E-state index < -0.39 is 0 Å². The summed E-state index contributed by atoms with van der Waals surface area (Å²) in [6.07, 6.45) is 10.1. The van der Waals surface area contributed by atoms with E-state index in [0.29, 0.717) is 11.5 Å². The number of hydrogen-bond acceptors (Lipinski definition) is 6. The quantitative estimate of drug-likeness (QED) is 0.357. The van der Waals surface area contributed by atoms with Gasteiger partial charge in [-0.2, -0.15) is 0 Å². The van der Waals surface area contributed by atoms with E-state index in [-0.39, 0.29) is 0 Å². The van der Waals surface area contributed by atoms with E-state index in [1.165, 1.54) is 0 Å². The Labute approximate surface area is 194 Å². The van der Waals surface area contributed by atoms with Gasteiger partial charge in [0.1, 0.15) is 17.0 Å². The molecule has 0 saturated heterocycles. The first-order valence-electron chi connectivity index (χ1n) is 11.4. The number of aromatic nitrogens is 5. The summed E-state index contributed by atoms with van der Waals surface area (Å²) in [6.45, 7) is 5.11. The summed E-state index contributed by atoms with van der Waals surface area (Å²) in [4.78, 5) is 19.1. The Hall–Kier alpha value is -3.87. The van der Waals surface area contributed by atoms with Crippen LogP contribution in [0.5, 0.6) is 0 Å². The molecule has 0 aliphatic heterocycles. The Morgan fingerprint density at radius 1 is 1.06 bits per heavy atom. The van der Waals surface area contributed by atoms with Gasteiger partial charge in [-0.25, -0.2) is 15.0 Å². The third-order valence-corrected chi connectivity index (χ3v) is 5.55. The van der Waals surface area contributed by atoms with Crippen LogP contribution in [0.25, 0.3) is 33.8 Å². The molecule has 168 valence electrons. The molecule has 33 heavy (non-hydrogen) atoms. The molecule has 0 bridgehead atoms. The number of hydrogen-bond donors (Lipinski definition) is 2. The van der Waals surface area contributed by atoms with Crippen LogP contribution in [-0.2, 0) is 13.0 Å². The normalized spacial score (nSPS) is 11.4. The maximum Gasteiger partial charge on any atom is 0.164 e. The first kappa shape index (κ1) is 22.3. The lowest BCUT2D eigenvalue weighted by Gasteiger charge is -2.09. The minimum atomic E-state index is 0.419. The van der Waals surface area contributed by atoms with Gasteiger partial charge in [-0.3, -0.25) is 4.98 Å². The zero-order valence-electron chi connectivity index (χ0n) is 19.3. The van der Waals surface area contributed by atoms with Gasteiger partial charge in [0.15, 0.2) is 11.5 Å². The maximum atomic E-state index is 8.34. The van der Waals surface area contributed by atoms with Crippen LogP contribution in [0.4, 0.5) is 0 Å². The van der Waals surface area contributed by atoms with E-state index >= 15 is 0 Å². The molecule has 0 spiro atoms. The molecule has 3 aromatic heterocycles. The van der Waals surface area contributed by atoms with Crippen molar-refractivity contribution in [1.29, 1.82) is 5.41 Å². The zero-order chi connectivity index (χ0) is 23.2. The van der Waals surface area contributed by atoms with Crippen molar-refractivity contribution in [2.45, 2.75) is 39.7 Å². The molecule has 0 saturated carbocycles. The highest BCUT2D eigenvalue weighted by molar-refractivity contribution is 6.07. The summed E-state index contributed by atoms with van der Waals surface area (Å²) in [7, 11) is 1.82. The summed E-state index contributed by atoms with van der Waals surface area (Å²) < 4.78 is 2.20. The van der Waals surface area contributed by atoms with Gasteiger partial charge >= 0.3 is 0 Å². The van der Waals surface area contributed by atoms with Gasteiger partial charge in [-0.1, -0.05) is 31.5 Å². The smallest absolute Gasteiger partial charge is 0.164 e. The molecular formula is C26H29N7. The van der Waals surface area contributed by atoms with Gasteiger partial charge in [0.25, 0.3) is 0 Å². The number of benzene rings is 1. The van der Waals surface area contributed by atoms with Crippen molar-refractivity contribution >= 4 is 16.9 Å². The predicted molar refractivity (Wildman–Crippen MR) is 133 cm³/mol. The Morgan fingerprint density at radius 2 is 1.88 bits per heavy atom. The third-order valence-electron chi connectivity index (χ3n) is 5.55. The average molecular weight is 440 g/mol. The van der Waals surface area contributed by atoms with Crippen molar-refractivity contribution in [3.63, 3.8) is 0 Å². The lowest BCUT2D eigenvalue weighted by atomic mass is 10.1. The van der Waals surface area contributed by atoms with Gasteiger partial charge in [0.05, 0.1) is 5.71 Å². The van der Waals surface area contributed by atoms with Crippen LogP contribution >= 0.6 is 0 Å². The van der Waals surface area contributed by atoms with Crippen molar-refractivity contribution in [2.24, 2.45) is 0 Å². The Kier molecular flexibility index (Phi) is 6.88. The third kappa shape index (κ3) is 4.67. The van der Waals surface area contributed by atoms with Crippen LogP contribution in [0.3, 0.4) is 0 Å². The lowest BCUT2D eigenvalue weighted by molar-refractivity contribution is 0.671. The second kappa shape index (κ2) is 10.2. The van der Waals surface area contributed by atoms with Crippen LogP contribution < -0.4 is 5.32 Å². The molecule has 7 heteroatoms. The fourth-order valence-electron chi connectivity index (χ4n) is 3.83. The molecule has 2 N–H and O–H groups in total. The van der Waals surface area contributed by atoms with Gasteiger partial charge in [0.2, 0.25) is 0 Å². The number of nitrogens with zero attached hydrogens (tertiary/aromatic N) is 5. The number of unbranched alkanes of at least 4 members (excludes halogenated alkanes) is 1. The molecule has 0 unspecified atom stereocenters. The summed E-state index contributed by atoms with van der Waals surface area (Å²) in [5.41, 5.74) is 5.52. The highest BCUT2D eigenvalue weighted by Crippen LogP contribution is 2.30. The lowest BCUT2D eigenvalue weighted by Crippen LogP contribution is -2.04. The standard InChI is InChI=1S/C26H29N7/c1-4-6-10-22-30-24-23(18-11-15-29-16-12-18)31-25(32-26(24)33(22)5-2)20-9-7-8-19(17-20)21(27)13-14-28-3/h7-9,11-17,27-28H,4-6,10H2,1-3H3/b14-13-,27-21?. The van der Waals surface area contributed by atoms with Crippen LogP contribution in [0.2, 0.25) is 0 Å². The second-order valence-corrected chi connectivity index (χ2v) is 7.80. The van der Waals surface area contributed by atoms with E-state index in [2.05, 4.69) is 28.7 Å².